The van der Waals surface area contributed by atoms with Gasteiger partial charge in [-0.2, -0.15) is 0 Å². The Labute approximate surface area is 105 Å². The number of nitrogens with zero attached hydrogens (tertiary/aromatic N) is 2. The standard InChI is InChI=1S/C12H26N4O/c1-15(2)12(17)14-7-6-13-9-11-5-4-8-16(3)10-11/h11,13H,4-10H2,1-3H3,(H,14,17). The molecular formula is C12H26N4O. The van der Waals surface area contributed by atoms with Crippen molar-refractivity contribution >= 4 is 6.03 Å². The van der Waals surface area contributed by atoms with Gasteiger partial charge in [0.2, 0.25) is 0 Å². The molecule has 100 valence electrons. The van der Waals surface area contributed by atoms with Crippen LogP contribution in [0.4, 0.5) is 4.79 Å². The first-order chi connectivity index (χ1) is 8.09. The SMILES string of the molecule is CN1CCCC(CNCCNC(=O)N(C)C)C1. The van der Waals surface area contributed by atoms with Gasteiger partial charge in [-0.05, 0) is 38.9 Å². The van der Waals surface area contributed by atoms with Gasteiger partial charge in [0.15, 0.2) is 0 Å². The van der Waals surface area contributed by atoms with E-state index < -0.39 is 0 Å². The first-order valence-corrected chi connectivity index (χ1v) is 6.44. The minimum absolute atomic E-state index is 0.0239. The van der Waals surface area contributed by atoms with Gasteiger partial charge in [0.25, 0.3) is 0 Å². The van der Waals surface area contributed by atoms with E-state index in [1.54, 1.807) is 19.0 Å². The average Bonchev–Trinajstić information content (AvgIpc) is 2.28. The van der Waals surface area contributed by atoms with E-state index in [9.17, 15) is 4.79 Å². The second-order valence-corrected chi connectivity index (χ2v) is 5.10. The van der Waals surface area contributed by atoms with E-state index in [1.807, 2.05) is 0 Å². The van der Waals surface area contributed by atoms with Crippen molar-refractivity contribution in [2.45, 2.75) is 12.8 Å². The second-order valence-electron chi connectivity index (χ2n) is 5.10. The van der Waals surface area contributed by atoms with E-state index in [0.29, 0.717) is 6.54 Å². The van der Waals surface area contributed by atoms with E-state index >= 15 is 0 Å². The Bertz CT molecular complexity index is 233. The monoisotopic (exact) mass is 242 g/mol. The Morgan fingerprint density at radius 3 is 2.82 bits per heavy atom. The lowest BCUT2D eigenvalue weighted by Crippen LogP contribution is -2.41. The molecule has 5 nitrogen and oxygen atoms in total. The van der Waals surface area contributed by atoms with Crippen LogP contribution in [0.3, 0.4) is 0 Å². The van der Waals surface area contributed by atoms with Gasteiger partial charge in [-0.1, -0.05) is 0 Å². The Kier molecular flexibility index (Phi) is 6.29. The van der Waals surface area contributed by atoms with Crippen molar-refractivity contribution in [3.05, 3.63) is 0 Å². The predicted molar refractivity (Wildman–Crippen MR) is 70.2 cm³/mol. The van der Waals surface area contributed by atoms with Gasteiger partial charge in [0.05, 0.1) is 0 Å². The molecule has 0 radical (unpaired) electrons. The van der Waals surface area contributed by atoms with E-state index in [1.165, 1.54) is 25.9 Å². The fraction of sp³-hybridized carbons (Fsp3) is 0.917. The van der Waals surface area contributed by atoms with Crippen LogP contribution in [0, 0.1) is 5.92 Å². The molecular weight excluding hydrogens is 216 g/mol. The number of carbonyl (C=O) groups excluding carboxylic acids is 1. The molecule has 2 N–H and O–H groups in total. The van der Waals surface area contributed by atoms with Crippen LogP contribution in [0.2, 0.25) is 0 Å². The van der Waals surface area contributed by atoms with Gasteiger partial charge in [0.1, 0.15) is 0 Å². The summed E-state index contributed by atoms with van der Waals surface area (Å²) in [5, 5.41) is 6.25. The summed E-state index contributed by atoms with van der Waals surface area (Å²) in [5.41, 5.74) is 0. The molecule has 1 saturated heterocycles. The number of hydrogen-bond donors (Lipinski definition) is 2. The highest BCUT2D eigenvalue weighted by Gasteiger charge is 2.16. The van der Waals surface area contributed by atoms with Crippen LogP contribution >= 0.6 is 0 Å². The van der Waals surface area contributed by atoms with Crippen LogP contribution in [0.15, 0.2) is 0 Å². The predicted octanol–water partition coefficient (Wildman–Crippen LogP) is 0.189. The van der Waals surface area contributed by atoms with Gasteiger partial charge in [-0.3, -0.25) is 0 Å². The highest BCUT2D eigenvalue weighted by molar-refractivity contribution is 5.73. The molecule has 0 aliphatic carbocycles. The summed E-state index contributed by atoms with van der Waals surface area (Å²) in [7, 11) is 5.69. The van der Waals surface area contributed by atoms with E-state index in [4.69, 9.17) is 0 Å². The third-order valence-electron chi connectivity index (χ3n) is 3.14. The third-order valence-corrected chi connectivity index (χ3v) is 3.14. The second kappa shape index (κ2) is 7.50. The normalized spacial score (nSPS) is 21.2. The van der Waals surface area contributed by atoms with Gasteiger partial charge in [-0.25, -0.2) is 4.79 Å². The largest absolute Gasteiger partial charge is 0.337 e. The maximum absolute atomic E-state index is 11.2. The summed E-state index contributed by atoms with van der Waals surface area (Å²) in [6, 6.07) is -0.0239. The summed E-state index contributed by atoms with van der Waals surface area (Å²) in [6.07, 6.45) is 2.63. The van der Waals surface area contributed by atoms with Crippen LogP contribution in [0.5, 0.6) is 0 Å². The lowest BCUT2D eigenvalue weighted by molar-refractivity contribution is 0.205. The van der Waals surface area contributed by atoms with Crippen molar-refractivity contribution in [2.24, 2.45) is 5.92 Å². The Hall–Kier alpha value is -0.810. The molecule has 1 heterocycles. The van der Waals surface area contributed by atoms with Crippen molar-refractivity contribution in [3.63, 3.8) is 0 Å². The van der Waals surface area contributed by atoms with Crippen LogP contribution in [-0.2, 0) is 0 Å². The Morgan fingerprint density at radius 2 is 2.18 bits per heavy atom. The highest BCUT2D eigenvalue weighted by atomic mass is 16.2. The molecule has 0 aromatic heterocycles. The van der Waals surface area contributed by atoms with Crippen molar-refractivity contribution in [1.82, 2.24) is 20.4 Å². The average molecular weight is 242 g/mol. The zero-order valence-electron chi connectivity index (χ0n) is 11.3. The van der Waals surface area contributed by atoms with E-state index in [-0.39, 0.29) is 6.03 Å². The molecule has 1 aliphatic heterocycles. The Balaban J connectivity index is 1.98. The van der Waals surface area contributed by atoms with Crippen molar-refractivity contribution in [3.8, 4) is 0 Å². The van der Waals surface area contributed by atoms with Crippen LogP contribution in [0.1, 0.15) is 12.8 Å². The summed E-state index contributed by atoms with van der Waals surface area (Å²) in [5.74, 6) is 0.762. The first kappa shape index (κ1) is 14.3. The molecule has 1 aliphatic rings. The van der Waals surface area contributed by atoms with Gasteiger partial charge < -0.3 is 20.4 Å². The van der Waals surface area contributed by atoms with Crippen molar-refractivity contribution < 1.29 is 4.79 Å². The van der Waals surface area contributed by atoms with Crippen molar-refractivity contribution in [2.75, 3.05) is 53.9 Å². The minimum atomic E-state index is -0.0239. The Morgan fingerprint density at radius 1 is 1.41 bits per heavy atom. The molecule has 0 saturated carbocycles. The minimum Gasteiger partial charge on any atom is -0.337 e. The zero-order chi connectivity index (χ0) is 12.7. The lowest BCUT2D eigenvalue weighted by Gasteiger charge is -2.29. The molecule has 0 bridgehead atoms. The molecule has 1 rings (SSSR count). The number of urea groups is 1. The first-order valence-electron chi connectivity index (χ1n) is 6.44. The number of hydrogen-bond acceptors (Lipinski definition) is 3. The van der Waals surface area contributed by atoms with Crippen molar-refractivity contribution in [1.29, 1.82) is 0 Å². The number of rotatable bonds is 5. The van der Waals surface area contributed by atoms with Gasteiger partial charge in [0, 0.05) is 33.7 Å². The maximum atomic E-state index is 11.2. The number of carbonyl (C=O) groups is 1. The van der Waals surface area contributed by atoms with Crippen LogP contribution in [0.25, 0.3) is 0 Å². The van der Waals surface area contributed by atoms with Crippen LogP contribution in [-0.4, -0.2) is 69.7 Å². The summed E-state index contributed by atoms with van der Waals surface area (Å²) >= 11 is 0. The molecule has 0 aromatic carbocycles. The zero-order valence-corrected chi connectivity index (χ0v) is 11.3. The topological polar surface area (TPSA) is 47.6 Å². The fourth-order valence-corrected chi connectivity index (χ4v) is 2.16. The quantitative estimate of drug-likeness (QED) is 0.677. The molecule has 2 amide bonds. The molecule has 0 spiro atoms. The smallest absolute Gasteiger partial charge is 0.316 e. The lowest BCUT2D eigenvalue weighted by atomic mass is 9.98. The van der Waals surface area contributed by atoms with Crippen LogP contribution < -0.4 is 10.6 Å². The number of piperidine rings is 1. The summed E-state index contributed by atoms with van der Waals surface area (Å²) in [6.45, 7) is 5.02. The maximum Gasteiger partial charge on any atom is 0.316 e. The van der Waals surface area contributed by atoms with E-state index in [0.717, 1.165) is 19.0 Å². The number of nitrogens with one attached hydrogen (secondary N) is 2. The fourth-order valence-electron chi connectivity index (χ4n) is 2.16. The molecule has 0 aromatic rings. The third kappa shape index (κ3) is 5.89. The van der Waals surface area contributed by atoms with E-state index in [2.05, 4.69) is 22.6 Å². The van der Waals surface area contributed by atoms with Gasteiger partial charge in [-0.15, -0.1) is 0 Å². The summed E-state index contributed by atoms with van der Waals surface area (Å²) < 4.78 is 0. The molecule has 17 heavy (non-hydrogen) atoms. The molecule has 1 atom stereocenters. The molecule has 1 fully saturated rings. The molecule has 5 heteroatoms. The number of amides is 2. The molecule has 1 unspecified atom stereocenters. The van der Waals surface area contributed by atoms with Gasteiger partial charge >= 0.3 is 6.03 Å². The highest BCUT2D eigenvalue weighted by Crippen LogP contribution is 2.13. The summed E-state index contributed by atoms with van der Waals surface area (Å²) in [4.78, 5) is 15.2. The number of likely N-dealkylation sites (tertiary alicyclic amines) is 1.